The second kappa shape index (κ2) is 8.12. The number of anilines is 2. The molecule has 0 saturated heterocycles. The van der Waals surface area contributed by atoms with Gasteiger partial charge >= 0.3 is 0 Å². The molecule has 0 aliphatic carbocycles. The molecule has 1 aromatic heterocycles. The molecule has 22 heavy (non-hydrogen) atoms. The predicted molar refractivity (Wildman–Crippen MR) is 89.2 cm³/mol. The number of benzene rings is 1. The van der Waals surface area contributed by atoms with Crippen molar-refractivity contribution in [1.29, 1.82) is 0 Å². The maximum Gasteiger partial charge on any atom is 0.274 e. The van der Waals surface area contributed by atoms with Crippen molar-refractivity contribution in [3.63, 3.8) is 0 Å². The number of rotatable bonds is 7. The van der Waals surface area contributed by atoms with Crippen molar-refractivity contribution in [2.24, 2.45) is 0 Å². The topological polar surface area (TPSA) is 66.9 Å². The Hall–Kier alpha value is -2.43. The number of hydrogen-bond acceptors (Lipinski definition) is 4. The van der Waals surface area contributed by atoms with Crippen LogP contribution in [0.3, 0.4) is 0 Å². The molecular formula is C17H22N4O. The quantitative estimate of drug-likeness (QED) is 0.766. The zero-order valence-corrected chi connectivity index (χ0v) is 13.1. The van der Waals surface area contributed by atoms with E-state index in [1.54, 1.807) is 12.3 Å². The fourth-order valence-corrected chi connectivity index (χ4v) is 1.98. The van der Waals surface area contributed by atoms with Gasteiger partial charge in [-0.25, -0.2) is 9.97 Å². The van der Waals surface area contributed by atoms with Gasteiger partial charge in [0.05, 0.1) is 0 Å². The van der Waals surface area contributed by atoms with E-state index in [-0.39, 0.29) is 5.91 Å². The molecule has 5 heteroatoms. The third-order valence-electron chi connectivity index (χ3n) is 3.26. The maximum atomic E-state index is 12.2. The molecule has 1 amide bonds. The molecule has 116 valence electrons. The van der Waals surface area contributed by atoms with Gasteiger partial charge in [-0.15, -0.1) is 0 Å². The Morgan fingerprint density at radius 3 is 2.64 bits per heavy atom. The average molecular weight is 298 g/mol. The first-order chi connectivity index (χ1) is 10.7. The highest BCUT2D eigenvalue weighted by Crippen LogP contribution is 2.10. The smallest absolute Gasteiger partial charge is 0.274 e. The van der Waals surface area contributed by atoms with Gasteiger partial charge in [0.15, 0.2) is 0 Å². The molecule has 2 N–H and O–H groups in total. The fraction of sp³-hybridized carbons (Fsp3) is 0.353. The van der Waals surface area contributed by atoms with Gasteiger partial charge in [0.1, 0.15) is 5.69 Å². The van der Waals surface area contributed by atoms with Gasteiger partial charge in [0, 0.05) is 18.4 Å². The highest BCUT2D eigenvalue weighted by molar-refractivity contribution is 6.02. The molecule has 2 aromatic rings. The van der Waals surface area contributed by atoms with E-state index >= 15 is 0 Å². The van der Waals surface area contributed by atoms with E-state index in [1.165, 1.54) is 12.8 Å². The van der Waals surface area contributed by atoms with Crippen molar-refractivity contribution >= 4 is 17.5 Å². The van der Waals surface area contributed by atoms with E-state index in [1.807, 2.05) is 31.2 Å². The zero-order valence-electron chi connectivity index (χ0n) is 13.1. The summed E-state index contributed by atoms with van der Waals surface area (Å²) < 4.78 is 0. The minimum Gasteiger partial charge on any atom is -0.354 e. The third kappa shape index (κ3) is 4.84. The Kier molecular flexibility index (Phi) is 5.89. The summed E-state index contributed by atoms with van der Waals surface area (Å²) in [5, 5.41) is 5.98. The number of nitrogens with one attached hydrogen (secondary N) is 2. The molecule has 0 bridgehead atoms. The molecular weight excluding hydrogens is 276 g/mol. The minimum atomic E-state index is -0.233. The highest BCUT2D eigenvalue weighted by atomic mass is 16.1. The van der Waals surface area contributed by atoms with Crippen molar-refractivity contribution in [2.75, 3.05) is 17.2 Å². The largest absolute Gasteiger partial charge is 0.354 e. The minimum absolute atomic E-state index is 0.233. The lowest BCUT2D eigenvalue weighted by molar-refractivity contribution is 0.102. The standard InChI is InChI=1S/C17H22N4O/c1-3-4-5-11-18-17-19-12-10-15(21-17)16(22)20-14-8-6-13(2)7-9-14/h6-10,12H,3-5,11H2,1-2H3,(H,20,22)(H,18,19,21). The molecule has 2 rings (SSSR count). The van der Waals surface area contributed by atoms with E-state index in [2.05, 4.69) is 27.5 Å². The summed E-state index contributed by atoms with van der Waals surface area (Å²) in [4.78, 5) is 20.6. The normalized spacial score (nSPS) is 10.3. The summed E-state index contributed by atoms with van der Waals surface area (Å²) in [5.41, 5.74) is 2.26. The maximum absolute atomic E-state index is 12.2. The second-order valence-electron chi connectivity index (χ2n) is 5.22. The summed E-state index contributed by atoms with van der Waals surface area (Å²) in [7, 11) is 0. The lowest BCUT2D eigenvalue weighted by Crippen LogP contribution is -2.15. The van der Waals surface area contributed by atoms with Crippen molar-refractivity contribution < 1.29 is 4.79 Å². The van der Waals surface area contributed by atoms with E-state index in [0.717, 1.165) is 24.2 Å². The molecule has 5 nitrogen and oxygen atoms in total. The van der Waals surface area contributed by atoms with Crippen LogP contribution in [0.25, 0.3) is 0 Å². The molecule has 1 aromatic carbocycles. The van der Waals surface area contributed by atoms with Gasteiger partial charge < -0.3 is 10.6 Å². The van der Waals surface area contributed by atoms with Crippen LogP contribution in [0, 0.1) is 6.92 Å². The number of hydrogen-bond donors (Lipinski definition) is 2. The van der Waals surface area contributed by atoms with E-state index < -0.39 is 0 Å². The summed E-state index contributed by atoms with van der Waals surface area (Å²) in [6, 6.07) is 9.27. The predicted octanol–water partition coefficient (Wildman–Crippen LogP) is 3.64. The molecule has 1 heterocycles. The van der Waals surface area contributed by atoms with Gasteiger partial charge in [-0.3, -0.25) is 4.79 Å². The van der Waals surface area contributed by atoms with E-state index in [4.69, 9.17) is 0 Å². The van der Waals surface area contributed by atoms with Crippen LogP contribution in [0.15, 0.2) is 36.5 Å². The lowest BCUT2D eigenvalue weighted by Gasteiger charge is -2.07. The van der Waals surface area contributed by atoms with Crippen LogP contribution in [0.2, 0.25) is 0 Å². The number of carbonyl (C=O) groups excluding carboxylic acids is 1. The van der Waals surface area contributed by atoms with Crippen LogP contribution in [-0.2, 0) is 0 Å². The molecule has 0 atom stereocenters. The fourth-order valence-electron chi connectivity index (χ4n) is 1.98. The molecule has 0 fully saturated rings. The Balaban J connectivity index is 1.96. The summed E-state index contributed by atoms with van der Waals surface area (Å²) in [6.45, 7) is 4.98. The van der Waals surface area contributed by atoms with E-state index in [9.17, 15) is 4.79 Å². The van der Waals surface area contributed by atoms with Crippen molar-refractivity contribution in [3.05, 3.63) is 47.8 Å². The van der Waals surface area contributed by atoms with Crippen LogP contribution >= 0.6 is 0 Å². The van der Waals surface area contributed by atoms with Crippen molar-refractivity contribution in [2.45, 2.75) is 33.1 Å². The van der Waals surface area contributed by atoms with E-state index in [0.29, 0.717) is 11.6 Å². The number of nitrogens with zero attached hydrogens (tertiary/aromatic N) is 2. The summed E-state index contributed by atoms with van der Waals surface area (Å²) >= 11 is 0. The van der Waals surface area contributed by atoms with Crippen LogP contribution < -0.4 is 10.6 Å². The molecule has 0 spiro atoms. The Labute approximate surface area is 131 Å². The van der Waals surface area contributed by atoms with Crippen LogP contribution in [0.1, 0.15) is 42.2 Å². The van der Waals surface area contributed by atoms with Gasteiger partial charge in [0.2, 0.25) is 5.95 Å². The molecule has 0 radical (unpaired) electrons. The molecule has 0 saturated carbocycles. The van der Waals surface area contributed by atoms with Crippen LogP contribution in [0.4, 0.5) is 11.6 Å². The zero-order chi connectivity index (χ0) is 15.8. The Bertz CT molecular complexity index is 610. The summed E-state index contributed by atoms with van der Waals surface area (Å²) in [5.74, 6) is 0.260. The number of unbranched alkanes of at least 4 members (excludes halogenated alkanes) is 2. The number of amides is 1. The van der Waals surface area contributed by atoms with Crippen LogP contribution in [0.5, 0.6) is 0 Å². The number of aryl methyl sites for hydroxylation is 1. The monoisotopic (exact) mass is 298 g/mol. The van der Waals surface area contributed by atoms with Crippen LogP contribution in [-0.4, -0.2) is 22.4 Å². The van der Waals surface area contributed by atoms with Gasteiger partial charge in [-0.05, 0) is 31.5 Å². The van der Waals surface area contributed by atoms with Gasteiger partial charge in [-0.2, -0.15) is 0 Å². The highest BCUT2D eigenvalue weighted by Gasteiger charge is 2.09. The molecule has 0 aliphatic heterocycles. The average Bonchev–Trinajstić information content (AvgIpc) is 2.54. The first kappa shape index (κ1) is 15.9. The third-order valence-corrected chi connectivity index (χ3v) is 3.26. The van der Waals surface area contributed by atoms with Gasteiger partial charge in [0.25, 0.3) is 5.91 Å². The lowest BCUT2D eigenvalue weighted by atomic mass is 10.2. The Morgan fingerprint density at radius 1 is 1.14 bits per heavy atom. The first-order valence-electron chi connectivity index (χ1n) is 7.64. The Morgan fingerprint density at radius 2 is 1.91 bits per heavy atom. The SMILES string of the molecule is CCCCCNc1nccc(C(=O)Nc2ccc(C)cc2)n1. The molecule has 0 unspecified atom stereocenters. The molecule has 0 aliphatic rings. The van der Waals surface area contributed by atoms with Crippen molar-refractivity contribution in [3.8, 4) is 0 Å². The second-order valence-corrected chi connectivity index (χ2v) is 5.22. The number of aromatic nitrogens is 2. The first-order valence-corrected chi connectivity index (χ1v) is 7.64. The summed E-state index contributed by atoms with van der Waals surface area (Å²) in [6.07, 6.45) is 5.00. The number of carbonyl (C=O) groups is 1. The van der Waals surface area contributed by atoms with Gasteiger partial charge in [-0.1, -0.05) is 37.5 Å². The van der Waals surface area contributed by atoms with Crippen molar-refractivity contribution in [1.82, 2.24) is 9.97 Å².